The van der Waals surface area contributed by atoms with Crippen molar-refractivity contribution in [3.8, 4) is 5.75 Å². The molecule has 2 aromatic rings. The van der Waals surface area contributed by atoms with Gasteiger partial charge in [0.1, 0.15) is 11.4 Å². The standard InChI is InChI=1S/C19H25N3O3/c1-3-5-16-20-18(21-25-16)22-11-9-19(10-12-22)17-14(8-13-24-19)6-4-7-15(17)23-2/h4,6-7H,3,5,8-13H2,1-2H3. The molecule has 0 radical (unpaired) electrons. The van der Waals surface area contributed by atoms with Gasteiger partial charge in [-0.3, -0.25) is 0 Å². The summed E-state index contributed by atoms with van der Waals surface area (Å²) >= 11 is 0. The molecule has 1 aromatic heterocycles. The van der Waals surface area contributed by atoms with Crippen molar-refractivity contribution in [1.82, 2.24) is 10.1 Å². The third-order valence-electron chi connectivity index (χ3n) is 5.31. The van der Waals surface area contributed by atoms with E-state index >= 15 is 0 Å². The first-order valence-electron chi connectivity index (χ1n) is 9.13. The predicted molar refractivity (Wildman–Crippen MR) is 94.1 cm³/mol. The molecule has 0 saturated carbocycles. The Bertz CT molecular complexity index is 721. The molecule has 0 unspecified atom stereocenters. The van der Waals surface area contributed by atoms with Crippen LogP contribution in [0.2, 0.25) is 0 Å². The summed E-state index contributed by atoms with van der Waals surface area (Å²) in [7, 11) is 1.74. The molecule has 1 spiro atoms. The van der Waals surface area contributed by atoms with Crippen molar-refractivity contribution in [2.45, 2.75) is 44.6 Å². The summed E-state index contributed by atoms with van der Waals surface area (Å²) in [4.78, 5) is 6.71. The van der Waals surface area contributed by atoms with Crippen molar-refractivity contribution in [1.29, 1.82) is 0 Å². The molecule has 25 heavy (non-hydrogen) atoms. The Hall–Kier alpha value is -2.08. The van der Waals surface area contributed by atoms with Gasteiger partial charge in [-0.25, -0.2) is 0 Å². The molecule has 1 aromatic carbocycles. The number of hydrogen-bond acceptors (Lipinski definition) is 6. The van der Waals surface area contributed by atoms with Crippen LogP contribution in [0.3, 0.4) is 0 Å². The summed E-state index contributed by atoms with van der Waals surface area (Å²) in [5.74, 6) is 2.36. The topological polar surface area (TPSA) is 60.6 Å². The Morgan fingerprint density at radius 2 is 2.12 bits per heavy atom. The van der Waals surface area contributed by atoms with Crippen molar-refractivity contribution in [3.63, 3.8) is 0 Å². The van der Waals surface area contributed by atoms with E-state index in [2.05, 4.69) is 34.1 Å². The summed E-state index contributed by atoms with van der Waals surface area (Å²) in [5, 5.41) is 4.14. The second kappa shape index (κ2) is 6.67. The highest BCUT2D eigenvalue weighted by molar-refractivity contribution is 5.47. The highest BCUT2D eigenvalue weighted by Gasteiger charge is 2.43. The van der Waals surface area contributed by atoms with E-state index in [-0.39, 0.29) is 5.60 Å². The second-order valence-electron chi connectivity index (χ2n) is 6.81. The maximum atomic E-state index is 6.33. The van der Waals surface area contributed by atoms with Gasteiger partial charge in [0.25, 0.3) is 5.95 Å². The van der Waals surface area contributed by atoms with Crippen molar-refractivity contribution in [2.24, 2.45) is 0 Å². The third kappa shape index (κ3) is 2.88. The van der Waals surface area contributed by atoms with Crippen LogP contribution in [0.1, 0.15) is 43.2 Å². The minimum Gasteiger partial charge on any atom is -0.496 e. The maximum Gasteiger partial charge on any atom is 0.266 e. The van der Waals surface area contributed by atoms with Crippen LogP contribution in [0, 0.1) is 0 Å². The molecule has 0 amide bonds. The molecule has 0 bridgehead atoms. The molecule has 0 N–H and O–H groups in total. The number of ether oxygens (including phenoxy) is 2. The van der Waals surface area contributed by atoms with Gasteiger partial charge in [0.05, 0.1) is 13.7 Å². The smallest absolute Gasteiger partial charge is 0.266 e. The zero-order valence-electron chi connectivity index (χ0n) is 15.0. The van der Waals surface area contributed by atoms with E-state index in [1.165, 1.54) is 11.1 Å². The Labute approximate surface area is 148 Å². The van der Waals surface area contributed by atoms with Crippen LogP contribution in [0.25, 0.3) is 0 Å². The lowest BCUT2D eigenvalue weighted by Gasteiger charge is -2.45. The molecular formula is C19H25N3O3. The molecule has 6 heteroatoms. The monoisotopic (exact) mass is 343 g/mol. The van der Waals surface area contributed by atoms with Crippen LogP contribution in [0.15, 0.2) is 22.7 Å². The number of piperidine rings is 1. The highest BCUT2D eigenvalue weighted by atomic mass is 16.5. The van der Waals surface area contributed by atoms with Crippen molar-refractivity contribution >= 4 is 5.95 Å². The zero-order valence-corrected chi connectivity index (χ0v) is 15.0. The van der Waals surface area contributed by atoms with Crippen LogP contribution < -0.4 is 9.64 Å². The highest BCUT2D eigenvalue weighted by Crippen LogP contribution is 2.46. The Balaban J connectivity index is 1.56. The number of benzene rings is 1. The van der Waals surface area contributed by atoms with Gasteiger partial charge in [0, 0.05) is 25.1 Å². The fraction of sp³-hybridized carbons (Fsp3) is 0.579. The first-order chi connectivity index (χ1) is 12.3. The van der Waals surface area contributed by atoms with Crippen LogP contribution in [0.4, 0.5) is 5.95 Å². The summed E-state index contributed by atoms with van der Waals surface area (Å²) in [6, 6.07) is 6.31. The van der Waals surface area contributed by atoms with Gasteiger partial charge >= 0.3 is 0 Å². The summed E-state index contributed by atoms with van der Waals surface area (Å²) in [5.41, 5.74) is 2.33. The van der Waals surface area contributed by atoms with E-state index < -0.39 is 0 Å². The largest absolute Gasteiger partial charge is 0.496 e. The lowest BCUT2D eigenvalue weighted by molar-refractivity contribution is -0.0781. The minimum absolute atomic E-state index is 0.257. The fourth-order valence-corrected chi connectivity index (χ4v) is 4.05. The van der Waals surface area contributed by atoms with E-state index in [1.807, 2.05) is 6.07 Å². The van der Waals surface area contributed by atoms with Gasteiger partial charge in [0.15, 0.2) is 0 Å². The first-order valence-corrected chi connectivity index (χ1v) is 9.13. The normalized spacial score (nSPS) is 19.0. The molecular weight excluding hydrogens is 318 g/mol. The Morgan fingerprint density at radius 3 is 2.88 bits per heavy atom. The molecule has 6 nitrogen and oxygen atoms in total. The molecule has 134 valence electrons. The van der Waals surface area contributed by atoms with Gasteiger partial charge < -0.3 is 18.9 Å². The maximum absolute atomic E-state index is 6.33. The molecule has 1 fully saturated rings. The average molecular weight is 343 g/mol. The number of methoxy groups -OCH3 is 1. The molecule has 0 atom stereocenters. The number of anilines is 1. The van der Waals surface area contributed by atoms with Crippen LogP contribution in [-0.4, -0.2) is 36.9 Å². The lowest BCUT2D eigenvalue weighted by atomic mass is 9.79. The molecule has 1 saturated heterocycles. The first kappa shape index (κ1) is 16.4. The van der Waals surface area contributed by atoms with Crippen LogP contribution >= 0.6 is 0 Å². The van der Waals surface area contributed by atoms with Gasteiger partial charge in [0.2, 0.25) is 5.89 Å². The average Bonchev–Trinajstić information content (AvgIpc) is 3.11. The number of hydrogen-bond donors (Lipinski definition) is 0. The summed E-state index contributed by atoms with van der Waals surface area (Å²) in [6.07, 6.45) is 4.59. The Kier molecular flexibility index (Phi) is 4.37. The van der Waals surface area contributed by atoms with E-state index in [4.69, 9.17) is 14.0 Å². The van der Waals surface area contributed by atoms with Gasteiger partial charge in [-0.2, -0.15) is 4.98 Å². The van der Waals surface area contributed by atoms with Gasteiger partial charge in [-0.05, 0) is 42.5 Å². The summed E-state index contributed by atoms with van der Waals surface area (Å²) < 4.78 is 17.3. The number of rotatable bonds is 4. The van der Waals surface area contributed by atoms with E-state index in [1.54, 1.807) is 7.11 Å². The number of aromatic nitrogens is 2. The van der Waals surface area contributed by atoms with Gasteiger partial charge in [-0.15, -0.1) is 0 Å². The van der Waals surface area contributed by atoms with Crippen molar-refractivity contribution < 1.29 is 14.0 Å². The number of fused-ring (bicyclic) bond motifs is 2. The SMILES string of the molecule is CCCc1nc(N2CCC3(CC2)OCCc2cccc(OC)c23)no1. The number of nitrogens with zero attached hydrogens (tertiary/aromatic N) is 3. The molecule has 4 rings (SSSR count). The van der Waals surface area contributed by atoms with Crippen LogP contribution in [-0.2, 0) is 23.2 Å². The lowest BCUT2D eigenvalue weighted by Crippen LogP contribution is -2.47. The third-order valence-corrected chi connectivity index (χ3v) is 5.31. The number of aryl methyl sites for hydroxylation is 1. The van der Waals surface area contributed by atoms with E-state index in [0.717, 1.165) is 63.4 Å². The van der Waals surface area contributed by atoms with Crippen molar-refractivity contribution in [3.05, 3.63) is 35.2 Å². The van der Waals surface area contributed by atoms with Gasteiger partial charge in [-0.1, -0.05) is 19.1 Å². The zero-order chi connectivity index (χ0) is 17.3. The predicted octanol–water partition coefficient (Wildman–Crippen LogP) is 3.10. The molecule has 3 heterocycles. The Morgan fingerprint density at radius 1 is 1.28 bits per heavy atom. The fourth-order valence-electron chi connectivity index (χ4n) is 4.05. The van der Waals surface area contributed by atoms with Crippen molar-refractivity contribution in [2.75, 3.05) is 31.7 Å². The molecule has 2 aliphatic heterocycles. The van der Waals surface area contributed by atoms with E-state index in [9.17, 15) is 0 Å². The second-order valence-corrected chi connectivity index (χ2v) is 6.81. The quantitative estimate of drug-likeness (QED) is 0.850. The molecule has 0 aliphatic carbocycles. The summed E-state index contributed by atoms with van der Waals surface area (Å²) in [6.45, 7) is 4.58. The van der Waals surface area contributed by atoms with E-state index in [0.29, 0.717) is 5.95 Å². The minimum atomic E-state index is -0.257. The van der Waals surface area contributed by atoms with Crippen LogP contribution in [0.5, 0.6) is 5.75 Å². The molecule has 2 aliphatic rings.